The molecule has 12 heterocycles. The van der Waals surface area contributed by atoms with Gasteiger partial charge in [-0.3, -0.25) is 30.1 Å². The van der Waals surface area contributed by atoms with Crippen molar-refractivity contribution in [3.05, 3.63) is 276 Å². The smallest absolute Gasteiger partial charge is 0.159 e. The molecule has 668 valence electrons. The summed E-state index contributed by atoms with van der Waals surface area (Å²) >= 11 is 0. The zero-order valence-electron chi connectivity index (χ0n) is 75.9. The van der Waals surface area contributed by atoms with E-state index in [0.29, 0.717) is 13.5 Å². The number of nitrogens with one attached hydrogen (secondary N) is 6. The molecule has 0 aliphatic rings. The van der Waals surface area contributed by atoms with Gasteiger partial charge in [-0.2, -0.15) is 20.4 Å². The number of rotatable bonds is 28. The highest BCUT2D eigenvalue weighted by molar-refractivity contribution is 6.76. The molecule has 0 saturated heterocycles. The van der Waals surface area contributed by atoms with Gasteiger partial charge in [-0.1, -0.05) is 136 Å². The number of imidazole rings is 4. The summed E-state index contributed by atoms with van der Waals surface area (Å²) in [6, 6.07) is 59.5. The number of benzene rings is 8. The largest absolute Gasteiger partial charge is 0.396 e. The lowest BCUT2D eigenvalue weighted by atomic mass is 9.96. The maximum Gasteiger partial charge on any atom is 0.159 e. The first kappa shape index (κ1) is 89.8. The quantitative estimate of drug-likeness (QED) is 0.0161. The molecule has 0 aliphatic carbocycles. The number of aromatic nitrogens is 20. The number of pyridine rings is 4. The Morgan fingerprint density at radius 1 is 0.356 bits per heavy atom. The Morgan fingerprint density at radius 3 is 1.02 bits per heavy atom. The third kappa shape index (κ3) is 20.1. The molecule has 0 amide bonds. The van der Waals surface area contributed by atoms with Gasteiger partial charge in [0.2, 0.25) is 0 Å². The summed E-state index contributed by atoms with van der Waals surface area (Å²) in [6.07, 6.45) is 25.3. The fourth-order valence-electron chi connectivity index (χ4n) is 16.4. The fraction of sp³-hybridized carbons (Fsp3) is 0.231. The SMILES string of the molecule is Cc1c(/C=C/CO)cncc1-c1ccc2[nH]nc(-c3nc4ccccc4[nH]3)c2c1.Cc1c(/C=C/CO)cncc1-c1ccc2c(c1)c(-c1nc3ccccc3[nH]1)nn2COCC[Si](C)(C)C.Cc1c(CCCO)cncc1-c1ccc2[nH]nc(-c3nc4ccccc4[nH]3)c2c1.Cc1c(CCCO)cncc1-c1ccc2c(c1)c(-c1nc3ccccc3[nH]1)nn2COCC[Si](C)(C)C. The van der Waals surface area contributed by atoms with Crippen molar-refractivity contribution >= 4 is 116 Å². The van der Waals surface area contributed by atoms with E-state index in [1.807, 2.05) is 174 Å². The van der Waals surface area contributed by atoms with Crippen molar-refractivity contribution in [1.29, 1.82) is 0 Å². The second kappa shape index (κ2) is 40.0. The van der Waals surface area contributed by atoms with E-state index >= 15 is 0 Å². The molecule has 28 heteroatoms. The van der Waals surface area contributed by atoms with Gasteiger partial charge in [0.05, 0.1) is 79.4 Å². The highest BCUT2D eigenvalue weighted by atomic mass is 28.3. The van der Waals surface area contributed by atoms with Gasteiger partial charge in [0.15, 0.2) is 23.3 Å². The minimum atomic E-state index is -1.17. The Labute approximate surface area is 765 Å². The zero-order chi connectivity index (χ0) is 91.6. The molecular formula is C104H108N20O6Si2. The average molecular weight is 1790 g/mol. The van der Waals surface area contributed by atoms with Crippen LogP contribution in [0.2, 0.25) is 51.4 Å². The number of ether oxygens (including phenoxy) is 2. The lowest BCUT2D eigenvalue weighted by Crippen LogP contribution is -2.22. The lowest BCUT2D eigenvalue weighted by molar-refractivity contribution is 0.0818. The molecule has 0 spiro atoms. The summed E-state index contributed by atoms with van der Waals surface area (Å²) in [6.45, 7) is 25.1. The number of para-hydroxylation sites is 8. The highest BCUT2D eigenvalue weighted by Gasteiger charge is 2.24. The molecule has 10 N–H and O–H groups in total. The van der Waals surface area contributed by atoms with Crippen LogP contribution >= 0.6 is 0 Å². The van der Waals surface area contributed by atoms with Crippen LogP contribution < -0.4 is 0 Å². The van der Waals surface area contributed by atoms with E-state index in [1.54, 1.807) is 18.3 Å². The number of H-pyrrole nitrogens is 6. The Balaban J connectivity index is 0.000000124. The van der Waals surface area contributed by atoms with Crippen molar-refractivity contribution < 1.29 is 29.9 Å². The Hall–Kier alpha value is -14.2. The predicted octanol–water partition coefficient (Wildman–Crippen LogP) is 21.3. The van der Waals surface area contributed by atoms with Gasteiger partial charge >= 0.3 is 0 Å². The summed E-state index contributed by atoms with van der Waals surface area (Å²) < 4.78 is 16.0. The number of hydrogen-bond acceptors (Lipinski definition) is 18. The van der Waals surface area contributed by atoms with Crippen LogP contribution in [0.25, 0.3) is 190 Å². The minimum absolute atomic E-state index is 0.00428. The van der Waals surface area contributed by atoms with E-state index < -0.39 is 16.1 Å². The topological polar surface area (TPSA) is 359 Å². The van der Waals surface area contributed by atoms with Gasteiger partial charge in [-0.25, -0.2) is 29.3 Å². The van der Waals surface area contributed by atoms with Gasteiger partial charge in [0.1, 0.15) is 36.2 Å². The van der Waals surface area contributed by atoms with Crippen molar-refractivity contribution in [2.45, 2.75) is 118 Å². The number of nitrogens with zero attached hydrogens (tertiary/aromatic N) is 14. The summed E-state index contributed by atoms with van der Waals surface area (Å²) in [5, 5.41) is 65.9. The van der Waals surface area contributed by atoms with Crippen LogP contribution in [-0.2, 0) is 35.8 Å². The van der Waals surface area contributed by atoms with Crippen LogP contribution in [0.4, 0.5) is 0 Å². The van der Waals surface area contributed by atoms with Crippen LogP contribution in [-0.4, -0.2) is 176 Å². The van der Waals surface area contributed by atoms with Gasteiger partial charge in [0.25, 0.3) is 0 Å². The predicted molar refractivity (Wildman–Crippen MR) is 535 cm³/mol. The van der Waals surface area contributed by atoms with E-state index in [-0.39, 0.29) is 26.4 Å². The molecule has 0 aliphatic heterocycles. The molecule has 26 nitrogen and oxygen atoms in total. The van der Waals surface area contributed by atoms with Gasteiger partial charge < -0.3 is 49.8 Å². The minimum Gasteiger partial charge on any atom is -0.396 e. The second-order valence-corrected chi connectivity index (χ2v) is 46.7. The molecule has 0 bridgehead atoms. The number of hydrogen-bond donors (Lipinski definition) is 10. The first-order valence-corrected chi connectivity index (χ1v) is 52.1. The Morgan fingerprint density at radius 2 is 0.682 bits per heavy atom. The first-order valence-electron chi connectivity index (χ1n) is 44.6. The summed E-state index contributed by atoms with van der Waals surface area (Å²) in [7, 11) is -2.34. The molecule has 132 heavy (non-hydrogen) atoms. The van der Waals surface area contributed by atoms with Crippen molar-refractivity contribution in [2.24, 2.45) is 0 Å². The molecular weight excluding hydrogens is 1680 g/mol. The first-order chi connectivity index (χ1) is 64.2. The highest BCUT2D eigenvalue weighted by Crippen LogP contribution is 2.40. The number of aliphatic hydroxyl groups excluding tert-OH is 4. The molecule has 20 rings (SSSR count). The molecule has 20 aromatic rings. The molecule has 0 radical (unpaired) electrons. The molecule has 0 saturated carbocycles. The number of aliphatic hydroxyl groups is 4. The fourth-order valence-corrected chi connectivity index (χ4v) is 17.9. The van der Waals surface area contributed by atoms with Crippen molar-refractivity contribution in [2.75, 3.05) is 39.6 Å². The number of fused-ring (bicyclic) bond motifs is 8. The lowest BCUT2D eigenvalue weighted by Gasteiger charge is -2.15. The van der Waals surface area contributed by atoms with Crippen molar-refractivity contribution in [3.63, 3.8) is 0 Å². The number of aryl methyl sites for hydroxylation is 2. The Bertz CT molecular complexity index is 7430. The van der Waals surface area contributed by atoms with Crippen LogP contribution in [0.3, 0.4) is 0 Å². The molecule has 12 aromatic heterocycles. The monoisotopic (exact) mass is 1790 g/mol. The molecule has 0 fully saturated rings. The van der Waals surface area contributed by atoms with E-state index in [2.05, 4.69) is 193 Å². The molecule has 0 atom stereocenters. The Kier molecular flexibility index (Phi) is 27.2. The van der Waals surface area contributed by atoms with Gasteiger partial charge in [-0.15, -0.1) is 0 Å². The second-order valence-electron chi connectivity index (χ2n) is 35.5. The van der Waals surface area contributed by atoms with Crippen LogP contribution in [0.1, 0.15) is 57.3 Å². The van der Waals surface area contributed by atoms with Gasteiger partial charge in [-0.05, 0) is 229 Å². The summed E-state index contributed by atoms with van der Waals surface area (Å²) in [5.74, 6) is 2.97. The van der Waals surface area contributed by atoms with Gasteiger partial charge in [0, 0.05) is 136 Å². The van der Waals surface area contributed by atoms with E-state index in [1.165, 1.54) is 16.7 Å². The van der Waals surface area contributed by atoms with Crippen molar-refractivity contribution in [1.82, 2.24) is 99.8 Å². The normalized spacial score (nSPS) is 12.0. The maximum atomic E-state index is 9.29. The van der Waals surface area contributed by atoms with Crippen LogP contribution in [0.15, 0.2) is 232 Å². The summed E-state index contributed by atoms with van der Waals surface area (Å²) in [4.78, 5) is 50.4. The van der Waals surface area contributed by atoms with Crippen LogP contribution in [0, 0.1) is 27.7 Å². The third-order valence-corrected chi connectivity index (χ3v) is 27.3. The molecule has 0 unspecified atom stereocenters. The third-order valence-electron chi connectivity index (χ3n) is 23.9. The number of aromatic amines is 6. The average Bonchev–Trinajstić information content (AvgIpc) is 1.62. The zero-order valence-corrected chi connectivity index (χ0v) is 77.9. The van der Waals surface area contributed by atoms with E-state index in [0.717, 1.165) is 257 Å². The van der Waals surface area contributed by atoms with E-state index in [9.17, 15) is 10.2 Å². The standard InChI is InChI=1S/C29H35N5O2Si.C29H33N5O2Si.C23H21N5O.C23H19N5O/c2*1-20-22(8-7-13-35)17-30-18-24(20)21-11-12-27-23(16-21)28(29-31-25-9-5-6-10-26(25)32-29)33-34(27)19-36-14-15-37(2,3)4;2*1-14-16(5-4-10-29)12-24-13-18(14)15-8-9-19-17(11-15)22(28-27-19)23-25-20-6-2-3-7-21(20)26-23/h5-6,9-12,16-18,35H,7-8,13-15,19H2,1-4H3,(H,31,32);5-12,16-18,35H,13-15,19H2,1-4H3,(H,31,32);2-3,6-9,11-13,29H,4-5,10H2,1H3,(H,25,26)(H,27,28);2-9,11-13,29H,10H2,1H3,(H,25,26)(H,27,28)/b;8-7+;;5-4+. The summed E-state index contributed by atoms with van der Waals surface area (Å²) in [5.41, 5.74) is 32.2. The van der Waals surface area contributed by atoms with Crippen molar-refractivity contribution in [3.8, 4) is 90.6 Å². The molecule has 8 aromatic carbocycles. The maximum absolute atomic E-state index is 9.29. The van der Waals surface area contributed by atoms with Crippen LogP contribution in [0.5, 0.6) is 0 Å². The van der Waals surface area contributed by atoms with E-state index in [4.69, 9.17) is 44.8 Å².